The fourth-order valence-electron chi connectivity index (χ4n) is 1.99. The van der Waals surface area contributed by atoms with E-state index in [0.717, 1.165) is 12.8 Å². The van der Waals surface area contributed by atoms with E-state index in [4.69, 9.17) is 14.2 Å². The molecule has 0 aliphatic carbocycles. The first kappa shape index (κ1) is 17.1. The van der Waals surface area contributed by atoms with Crippen LogP contribution in [-0.4, -0.2) is 32.8 Å². The molecule has 0 saturated carbocycles. The summed E-state index contributed by atoms with van der Waals surface area (Å²) in [5.41, 5.74) is 0.259. The number of nitrogens with one attached hydrogen (secondary N) is 1. The monoisotopic (exact) mass is 295 g/mol. The van der Waals surface area contributed by atoms with Crippen LogP contribution in [0.15, 0.2) is 12.1 Å². The van der Waals surface area contributed by atoms with Crippen LogP contribution < -0.4 is 19.5 Å². The van der Waals surface area contributed by atoms with Crippen molar-refractivity contribution in [2.75, 3.05) is 21.3 Å². The first-order valence-electron chi connectivity index (χ1n) is 7.07. The highest BCUT2D eigenvalue weighted by Crippen LogP contribution is 2.38. The maximum atomic E-state index is 12.5. The zero-order chi connectivity index (χ0) is 16.0. The molecular formula is C16H25NO4. The van der Waals surface area contributed by atoms with Crippen molar-refractivity contribution >= 4 is 5.91 Å². The number of hydrogen-bond acceptors (Lipinski definition) is 4. The van der Waals surface area contributed by atoms with Gasteiger partial charge in [-0.05, 0) is 31.9 Å². The number of ether oxygens (including phenoxy) is 3. The predicted octanol–water partition coefficient (Wildman–Crippen LogP) is 3.02. The third-order valence-electron chi connectivity index (χ3n) is 3.90. The molecule has 0 aliphatic rings. The minimum atomic E-state index is -0.225. The van der Waals surface area contributed by atoms with E-state index >= 15 is 0 Å². The van der Waals surface area contributed by atoms with E-state index in [0.29, 0.717) is 22.8 Å². The Labute approximate surface area is 126 Å². The molecule has 0 atom stereocenters. The molecule has 0 spiro atoms. The van der Waals surface area contributed by atoms with Crippen LogP contribution in [0.2, 0.25) is 0 Å². The molecule has 1 N–H and O–H groups in total. The maximum absolute atomic E-state index is 12.5. The minimum absolute atomic E-state index is 0.152. The lowest BCUT2D eigenvalue weighted by molar-refractivity contribution is 0.0900. The fourth-order valence-corrected chi connectivity index (χ4v) is 1.99. The van der Waals surface area contributed by atoms with Crippen LogP contribution in [0.1, 0.15) is 44.0 Å². The number of methoxy groups -OCH3 is 3. The molecule has 1 rings (SSSR count). The van der Waals surface area contributed by atoms with Crippen molar-refractivity contribution in [3.63, 3.8) is 0 Å². The normalized spacial score (nSPS) is 11.0. The van der Waals surface area contributed by atoms with E-state index in [9.17, 15) is 4.79 Å². The Morgan fingerprint density at radius 1 is 1.05 bits per heavy atom. The summed E-state index contributed by atoms with van der Waals surface area (Å²) in [7, 11) is 4.59. The van der Waals surface area contributed by atoms with Crippen LogP contribution >= 0.6 is 0 Å². The number of rotatable bonds is 7. The summed E-state index contributed by atoms with van der Waals surface area (Å²) in [6.07, 6.45) is 1.72. The van der Waals surface area contributed by atoms with E-state index in [2.05, 4.69) is 19.2 Å². The van der Waals surface area contributed by atoms with E-state index in [1.807, 2.05) is 6.92 Å². The van der Waals surface area contributed by atoms with Crippen LogP contribution in [-0.2, 0) is 0 Å². The summed E-state index contributed by atoms with van der Waals surface area (Å²) >= 11 is 0. The van der Waals surface area contributed by atoms with Gasteiger partial charge in [-0.2, -0.15) is 0 Å². The fraction of sp³-hybridized carbons (Fsp3) is 0.562. The van der Waals surface area contributed by atoms with Crippen molar-refractivity contribution in [1.29, 1.82) is 0 Å². The molecule has 0 saturated heterocycles. The Balaban J connectivity index is 3.16. The van der Waals surface area contributed by atoms with Gasteiger partial charge in [0, 0.05) is 11.1 Å². The van der Waals surface area contributed by atoms with Gasteiger partial charge >= 0.3 is 0 Å². The molecule has 1 aromatic rings. The van der Waals surface area contributed by atoms with Gasteiger partial charge in [-0.1, -0.05) is 13.8 Å². The van der Waals surface area contributed by atoms with Gasteiger partial charge in [0.05, 0.1) is 21.3 Å². The third kappa shape index (κ3) is 3.80. The molecule has 0 aromatic heterocycles. The molecule has 0 unspecified atom stereocenters. The quantitative estimate of drug-likeness (QED) is 0.840. The predicted molar refractivity (Wildman–Crippen MR) is 82.6 cm³/mol. The summed E-state index contributed by atoms with van der Waals surface area (Å²) in [6, 6.07) is 3.31. The Kier molecular flexibility index (Phi) is 5.88. The Morgan fingerprint density at radius 3 is 1.86 bits per heavy atom. The second kappa shape index (κ2) is 7.20. The largest absolute Gasteiger partial charge is 0.493 e. The standard InChI is InChI=1S/C16H25NO4/c1-7-16(3,8-2)17-15(18)11-9-12(19-4)14(21-6)13(10-11)20-5/h9-10H,7-8H2,1-6H3,(H,17,18). The zero-order valence-electron chi connectivity index (χ0n) is 13.7. The molecule has 5 nitrogen and oxygen atoms in total. The van der Waals surface area contributed by atoms with Gasteiger partial charge in [-0.15, -0.1) is 0 Å². The van der Waals surface area contributed by atoms with Crippen LogP contribution in [0, 0.1) is 0 Å². The number of benzene rings is 1. The molecule has 0 heterocycles. The molecule has 1 aromatic carbocycles. The van der Waals surface area contributed by atoms with Crippen molar-refractivity contribution in [3.8, 4) is 17.2 Å². The van der Waals surface area contributed by atoms with Gasteiger partial charge in [0.15, 0.2) is 11.5 Å². The lowest BCUT2D eigenvalue weighted by Crippen LogP contribution is -2.44. The average molecular weight is 295 g/mol. The van der Waals surface area contributed by atoms with Gasteiger partial charge in [0.25, 0.3) is 5.91 Å². The summed E-state index contributed by atoms with van der Waals surface area (Å²) in [5, 5.41) is 3.06. The molecule has 118 valence electrons. The van der Waals surface area contributed by atoms with E-state index < -0.39 is 0 Å². The van der Waals surface area contributed by atoms with Crippen molar-refractivity contribution in [2.45, 2.75) is 39.2 Å². The maximum Gasteiger partial charge on any atom is 0.251 e. The molecular weight excluding hydrogens is 270 g/mol. The van der Waals surface area contributed by atoms with Gasteiger partial charge in [0.2, 0.25) is 5.75 Å². The highest BCUT2D eigenvalue weighted by atomic mass is 16.5. The second-order valence-electron chi connectivity index (χ2n) is 5.14. The lowest BCUT2D eigenvalue weighted by Gasteiger charge is -2.28. The molecule has 0 fully saturated rings. The van der Waals surface area contributed by atoms with E-state index in [-0.39, 0.29) is 11.4 Å². The number of carbonyl (C=O) groups excluding carboxylic acids is 1. The Bertz CT molecular complexity index is 470. The number of amides is 1. The van der Waals surface area contributed by atoms with Crippen LogP contribution in [0.3, 0.4) is 0 Å². The van der Waals surface area contributed by atoms with Crippen molar-refractivity contribution in [2.24, 2.45) is 0 Å². The minimum Gasteiger partial charge on any atom is -0.493 e. The zero-order valence-corrected chi connectivity index (χ0v) is 13.7. The van der Waals surface area contributed by atoms with Gasteiger partial charge < -0.3 is 19.5 Å². The first-order chi connectivity index (χ1) is 9.94. The Morgan fingerprint density at radius 2 is 1.52 bits per heavy atom. The van der Waals surface area contributed by atoms with Crippen molar-refractivity contribution in [3.05, 3.63) is 17.7 Å². The van der Waals surface area contributed by atoms with Crippen molar-refractivity contribution < 1.29 is 19.0 Å². The summed E-state index contributed by atoms with van der Waals surface area (Å²) in [5.74, 6) is 1.26. The molecule has 21 heavy (non-hydrogen) atoms. The average Bonchev–Trinajstić information content (AvgIpc) is 2.52. The van der Waals surface area contributed by atoms with Crippen molar-refractivity contribution in [1.82, 2.24) is 5.32 Å². The van der Waals surface area contributed by atoms with Gasteiger partial charge in [0.1, 0.15) is 0 Å². The van der Waals surface area contributed by atoms with E-state index in [1.165, 1.54) is 21.3 Å². The van der Waals surface area contributed by atoms with Gasteiger partial charge in [-0.3, -0.25) is 4.79 Å². The summed E-state index contributed by atoms with van der Waals surface area (Å²) in [6.45, 7) is 6.14. The Hall–Kier alpha value is -1.91. The molecule has 0 bridgehead atoms. The second-order valence-corrected chi connectivity index (χ2v) is 5.14. The molecule has 5 heteroatoms. The SMILES string of the molecule is CCC(C)(CC)NC(=O)c1cc(OC)c(OC)c(OC)c1. The highest BCUT2D eigenvalue weighted by Gasteiger charge is 2.24. The lowest BCUT2D eigenvalue weighted by atomic mass is 9.95. The van der Waals surface area contributed by atoms with Crippen LogP contribution in [0.5, 0.6) is 17.2 Å². The third-order valence-corrected chi connectivity index (χ3v) is 3.90. The van der Waals surface area contributed by atoms with Crippen LogP contribution in [0.25, 0.3) is 0 Å². The topological polar surface area (TPSA) is 56.8 Å². The number of carbonyl (C=O) groups is 1. The van der Waals surface area contributed by atoms with E-state index in [1.54, 1.807) is 12.1 Å². The smallest absolute Gasteiger partial charge is 0.251 e. The first-order valence-corrected chi connectivity index (χ1v) is 7.07. The molecule has 0 aliphatic heterocycles. The summed E-state index contributed by atoms with van der Waals surface area (Å²) in [4.78, 5) is 12.5. The summed E-state index contributed by atoms with van der Waals surface area (Å²) < 4.78 is 15.8. The molecule has 1 amide bonds. The number of hydrogen-bond donors (Lipinski definition) is 1. The molecule has 0 radical (unpaired) electrons. The highest BCUT2D eigenvalue weighted by molar-refractivity contribution is 5.96. The van der Waals surface area contributed by atoms with Crippen LogP contribution in [0.4, 0.5) is 0 Å². The van der Waals surface area contributed by atoms with Gasteiger partial charge in [-0.25, -0.2) is 0 Å².